The first-order valence-corrected chi connectivity index (χ1v) is 12.9. The Morgan fingerprint density at radius 1 is 1.20 bits per heavy atom. The minimum absolute atomic E-state index is 0.0629. The van der Waals surface area contributed by atoms with Crippen LogP contribution in [0.25, 0.3) is 16.7 Å². The van der Waals surface area contributed by atoms with Crippen molar-refractivity contribution in [1.82, 2.24) is 24.4 Å². The van der Waals surface area contributed by atoms with Crippen LogP contribution in [0, 0.1) is 12.7 Å². The van der Waals surface area contributed by atoms with Crippen LogP contribution in [0.1, 0.15) is 51.8 Å². The lowest BCUT2D eigenvalue weighted by molar-refractivity contribution is -0.147. The number of pyridine rings is 2. The molecule has 0 aromatic carbocycles. The number of rotatable bonds is 3. The van der Waals surface area contributed by atoms with E-state index in [4.69, 9.17) is 16.3 Å². The topological polar surface area (TPSA) is 93.5 Å². The maximum atomic E-state index is 14.7. The highest BCUT2D eigenvalue weighted by Crippen LogP contribution is 2.38. The van der Waals surface area contributed by atoms with Gasteiger partial charge in [0.1, 0.15) is 11.4 Å². The average molecular weight is 585 g/mol. The van der Waals surface area contributed by atoms with Crippen molar-refractivity contribution in [3.05, 3.63) is 51.0 Å². The van der Waals surface area contributed by atoms with E-state index in [9.17, 15) is 27.2 Å². The molecule has 14 heteroatoms. The van der Waals surface area contributed by atoms with Crippen LogP contribution in [0.3, 0.4) is 0 Å². The van der Waals surface area contributed by atoms with E-state index in [1.807, 2.05) is 0 Å². The quantitative estimate of drug-likeness (QED) is 0.301. The molecule has 9 nitrogen and oxygen atoms in total. The fourth-order valence-electron chi connectivity index (χ4n) is 4.60. The van der Waals surface area contributed by atoms with E-state index >= 15 is 0 Å². The van der Waals surface area contributed by atoms with Crippen LogP contribution in [0.4, 0.5) is 28.2 Å². The summed E-state index contributed by atoms with van der Waals surface area (Å²) >= 11 is 6.00. The van der Waals surface area contributed by atoms with Crippen molar-refractivity contribution in [1.29, 1.82) is 0 Å². The molecule has 0 bridgehead atoms. The molecule has 0 spiro atoms. The molecule has 1 aliphatic heterocycles. The standard InChI is InChI=1S/C26H29ClF4N6O3/c1-13-7-8-32-18(15(3)26(29,30)31)19(13)37-22-16(11-17(28)20(27)33-22)21(34-23(37)38)36-10-9-35(12-14(36)2)24(39)40-25(4,5)6/h7-8,11,14-15H,9-10,12H2,1-6H3/t14-,15?/m0/s1. The summed E-state index contributed by atoms with van der Waals surface area (Å²) in [5.74, 6) is -2.85. The first-order valence-electron chi connectivity index (χ1n) is 12.6. The summed E-state index contributed by atoms with van der Waals surface area (Å²) < 4.78 is 62.3. The average Bonchev–Trinajstić information content (AvgIpc) is 2.83. The van der Waals surface area contributed by atoms with Crippen molar-refractivity contribution < 1.29 is 27.1 Å². The molecule has 3 aromatic heterocycles. The summed E-state index contributed by atoms with van der Waals surface area (Å²) in [7, 11) is 0. The predicted octanol–water partition coefficient (Wildman–Crippen LogP) is 5.39. The number of nitrogens with zero attached hydrogens (tertiary/aromatic N) is 6. The Hall–Kier alpha value is -3.48. The number of halogens is 5. The number of aryl methyl sites for hydroxylation is 1. The number of amides is 1. The van der Waals surface area contributed by atoms with Crippen LogP contribution in [-0.4, -0.2) is 68.0 Å². The fourth-order valence-corrected chi connectivity index (χ4v) is 4.74. The zero-order valence-corrected chi connectivity index (χ0v) is 23.6. The second-order valence-electron chi connectivity index (χ2n) is 10.8. The maximum Gasteiger partial charge on any atom is 0.410 e. The third kappa shape index (κ3) is 5.70. The molecule has 3 aromatic rings. The molecule has 0 radical (unpaired) electrons. The largest absolute Gasteiger partial charge is 0.444 e. The van der Waals surface area contributed by atoms with Crippen molar-refractivity contribution in [3.8, 4) is 5.69 Å². The first kappa shape index (κ1) is 29.5. The molecule has 40 heavy (non-hydrogen) atoms. The second kappa shape index (κ2) is 10.5. The van der Waals surface area contributed by atoms with Gasteiger partial charge in [0, 0.05) is 31.9 Å². The van der Waals surface area contributed by atoms with Gasteiger partial charge in [0.15, 0.2) is 16.6 Å². The minimum Gasteiger partial charge on any atom is -0.444 e. The Morgan fingerprint density at radius 3 is 2.48 bits per heavy atom. The molecule has 1 fully saturated rings. The fraction of sp³-hybridized carbons (Fsp3) is 0.500. The molecule has 4 heterocycles. The van der Waals surface area contributed by atoms with E-state index in [0.717, 1.165) is 17.6 Å². The van der Waals surface area contributed by atoms with Crippen molar-refractivity contribution in [2.24, 2.45) is 0 Å². The van der Waals surface area contributed by atoms with Gasteiger partial charge < -0.3 is 14.5 Å². The maximum absolute atomic E-state index is 14.7. The summed E-state index contributed by atoms with van der Waals surface area (Å²) in [5, 5.41) is -0.500. The third-order valence-electron chi connectivity index (χ3n) is 6.59. The van der Waals surface area contributed by atoms with E-state index in [-0.39, 0.29) is 48.2 Å². The van der Waals surface area contributed by atoms with Gasteiger partial charge >= 0.3 is 18.0 Å². The Balaban J connectivity index is 1.87. The number of fused-ring (bicyclic) bond motifs is 1. The van der Waals surface area contributed by atoms with Crippen molar-refractivity contribution in [2.45, 2.75) is 65.3 Å². The zero-order valence-electron chi connectivity index (χ0n) is 22.8. The summed E-state index contributed by atoms with van der Waals surface area (Å²) in [5.41, 5.74) is -2.05. The van der Waals surface area contributed by atoms with E-state index in [1.165, 1.54) is 24.1 Å². The monoisotopic (exact) mass is 584 g/mol. The lowest BCUT2D eigenvalue weighted by Crippen LogP contribution is -2.55. The summed E-state index contributed by atoms with van der Waals surface area (Å²) in [4.78, 5) is 41.6. The third-order valence-corrected chi connectivity index (χ3v) is 6.85. The Morgan fingerprint density at radius 2 is 1.88 bits per heavy atom. The van der Waals surface area contributed by atoms with E-state index < -0.39 is 46.1 Å². The minimum atomic E-state index is -4.65. The van der Waals surface area contributed by atoms with Gasteiger partial charge in [0.05, 0.1) is 22.7 Å². The zero-order chi connectivity index (χ0) is 29.7. The van der Waals surface area contributed by atoms with Gasteiger partial charge in [-0.3, -0.25) is 4.98 Å². The number of carbonyl (C=O) groups is 1. The molecule has 216 valence electrons. The van der Waals surface area contributed by atoms with Gasteiger partial charge in [-0.1, -0.05) is 11.6 Å². The number of piperazine rings is 1. The van der Waals surface area contributed by atoms with Crippen molar-refractivity contribution in [3.63, 3.8) is 0 Å². The molecule has 0 N–H and O–H groups in total. The Labute approximate surface area is 232 Å². The van der Waals surface area contributed by atoms with Crippen LogP contribution in [0.5, 0.6) is 0 Å². The lowest BCUT2D eigenvalue weighted by Gasteiger charge is -2.41. The molecule has 1 aliphatic rings. The van der Waals surface area contributed by atoms with Gasteiger partial charge in [-0.25, -0.2) is 23.5 Å². The molecule has 0 saturated carbocycles. The number of carbonyl (C=O) groups excluding carboxylic acids is 1. The van der Waals surface area contributed by atoms with Crippen molar-refractivity contribution >= 4 is 34.5 Å². The first-order chi connectivity index (χ1) is 18.5. The highest BCUT2D eigenvalue weighted by Gasteiger charge is 2.40. The summed E-state index contributed by atoms with van der Waals surface area (Å²) in [6.07, 6.45) is -3.93. The molecule has 1 amide bonds. The Bertz CT molecular complexity index is 1520. The molecule has 4 rings (SSSR count). The van der Waals surface area contributed by atoms with Gasteiger partial charge in [-0.2, -0.15) is 18.2 Å². The highest BCUT2D eigenvalue weighted by molar-refractivity contribution is 6.30. The van der Waals surface area contributed by atoms with Crippen LogP contribution in [0.2, 0.25) is 5.15 Å². The van der Waals surface area contributed by atoms with E-state index in [2.05, 4.69) is 15.0 Å². The predicted molar refractivity (Wildman–Crippen MR) is 142 cm³/mol. The molecule has 1 saturated heterocycles. The number of ether oxygens (including phenoxy) is 1. The molecule has 0 aliphatic carbocycles. The summed E-state index contributed by atoms with van der Waals surface area (Å²) in [6.45, 7) is 10.2. The highest BCUT2D eigenvalue weighted by atomic mass is 35.5. The van der Waals surface area contributed by atoms with Crippen LogP contribution in [0.15, 0.2) is 23.1 Å². The van der Waals surface area contributed by atoms with E-state index in [0.29, 0.717) is 5.56 Å². The number of anilines is 1. The molecule has 1 unspecified atom stereocenters. The molecular formula is C26H29ClF4N6O3. The van der Waals surface area contributed by atoms with E-state index in [1.54, 1.807) is 32.6 Å². The smallest absolute Gasteiger partial charge is 0.410 e. The van der Waals surface area contributed by atoms with Gasteiger partial charge in [-0.15, -0.1) is 0 Å². The van der Waals surface area contributed by atoms with Gasteiger partial charge in [0.25, 0.3) is 0 Å². The van der Waals surface area contributed by atoms with Gasteiger partial charge in [0.2, 0.25) is 0 Å². The Kier molecular flexibility index (Phi) is 7.74. The number of hydrogen-bond donors (Lipinski definition) is 0. The normalized spacial score (nSPS) is 17.3. The molecule has 2 atom stereocenters. The van der Waals surface area contributed by atoms with Crippen LogP contribution >= 0.6 is 11.6 Å². The molecular weight excluding hydrogens is 556 g/mol. The number of aromatic nitrogens is 4. The number of hydrogen-bond acceptors (Lipinski definition) is 7. The van der Waals surface area contributed by atoms with Gasteiger partial charge in [-0.05, 0) is 59.2 Å². The summed E-state index contributed by atoms with van der Waals surface area (Å²) in [6, 6.07) is 2.12. The van der Waals surface area contributed by atoms with Crippen LogP contribution in [-0.2, 0) is 4.74 Å². The van der Waals surface area contributed by atoms with Crippen LogP contribution < -0.4 is 10.6 Å². The lowest BCUT2D eigenvalue weighted by atomic mass is 10.0. The SMILES string of the molecule is Cc1ccnc(C(C)C(F)(F)F)c1-n1c(=O)nc(N2CCN(C(=O)OC(C)(C)C)C[C@@H]2C)c2cc(F)c(Cl)nc21. The second-order valence-corrected chi connectivity index (χ2v) is 11.1. The van der Waals surface area contributed by atoms with Crippen molar-refractivity contribution in [2.75, 3.05) is 24.5 Å². The number of alkyl halides is 3.